The lowest BCUT2D eigenvalue weighted by Gasteiger charge is -2.07. The molecule has 2 rings (SSSR count). The Morgan fingerprint density at radius 1 is 1.37 bits per heavy atom. The van der Waals surface area contributed by atoms with Crippen LogP contribution in [-0.2, 0) is 18.9 Å². The number of rotatable bonds is 7. The summed E-state index contributed by atoms with van der Waals surface area (Å²) in [6.07, 6.45) is 1.16. The lowest BCUT2D eigenvalue weighted by Crippen LogP contribution is -2.39. The summed E-state index contributed by atoms with van der Waals surface area (Å²) < 4.78 is 30.9. The summed E-state index contributed by atoms with van der Waals surface area (Å²) in [5.74, 6) is -0.827. The van der Waals surface area contributed by atoms with Gasteiger partial charge in [-0.3, -0.25) is 14.2 Å². The first-order chi connectivity index (χ1) is 12.8. The second kappa shape index (κ2) is 9.07. The zero-order chi connectivity index (χ0) is 20.0. The number of hydrazone groups is 1. The van der Waals surface area contributed by atoms with Crippen molar-refractivity contribution in [2.75, 3.05) is 5.75 Å². The summed E-state index contributed by atoms with van der Waals surface area (Å²) in [7, 11) is 2.69. The number of para-hydroxylation sites is 1. The Bertz CT molecular complexity index is 973. The third kappa shape index (κ3) is 5.48. The summed E-state index contributed by atoms with van der Waals surface area (Å²) in [5.41, 5.74) is 1.26. The van der Waals surface area contributed by atoms with Gasteiger partial charge in [0.25, 0.3) is 5.56 Å². The summed E-state index contributed by atoms with van der Waals surface area (Å²) in [6.45, 7) is -2.98. The number of carbonyl (C=O) groups excluding carboxylic acids is 1. The van der Waals surface area contributed by atoms with Gasteiger partial charge in [0.2, 0.25) is 5.91 Å². The number of benzene rings is 1. The van der Waals surface area contributed by atoms with Crippen molar-refractivity contribution in [1.82, 2.24) is 19.8 Å². The van der Waals surface area contributed by atoms with E-state index in [-0.39, 0.29) is 22.1 Å². The van der Waals surface area contributed by atoms with Crippen molar-refractivity contribution in [3.8, 4) is 5.75 Å². The van der Waals surface area contributed by atoms with E-state index in [1.54, 1.807) is 6.07 Å². The van der Waals surface area contributed by atoms with E-state index < -0.39 is 23.8 Å². The molecular formula is C15H15F2N5O4S. The molecule has 1 aromatic heterocycles. The van der Waals surface area contributed by atoms with Crippen molar-refractivity contribution in [1.29, 1.82) is 0 Å². The fourth-order valence-corrected chi connectivity index (χ4v) is 2.66. The average molecular weight is 399 g/mol. The maximum atomic E-state index is 12.3. The molecule has 0 aliphatic rings. The molecule has 0 unspecified atom stereocenters. The van der Waals surface area contributed by atoms with E-state index in [4.69, 9.17) is 0 Å². The van der Waals surface area contributed by atoms with Crippen LogP contribution < -0.4 is 21.4 Å². The Morgan fingerprint density at radius 2 is 2.07 bits per heavy atom. The molecule has 9 nitrogen and oxygen atoms in total. The second-order valence-electron chi connectivity index (χ2n) is 5.07. The van der Waals surface area contributed by atoms with Crippen LogP contribution in [0, 0.1) is 0 Å². The van der Waals surface area contributed by atoms with Crippen LogP contribution in [-0.4, -0.2) is 38.8 Å². The largest absolute Gasteiger partial charge is 0.434 e. The van der Waals surface area contributed by atoms with Crippen molar-refractivity contribution in [2.45, 2.75) is 11.6 Å². The molecule has 0 aliphatic carbocycles. The van der Waals surface area contributed by atoms with Crippen LogP contribution in [0.2, 0.25) is 0 Å². The molecule has 1 aromatic carbocycles. The molecule has 12 heteroatoms. The molecule has 0 aliphatic heterocycles. The fraction of sp³-hybridized carbons (Fsp3) is 0.267. The number of hydrogen-bond acceptors (Lipinski definition) is 7. The van der Waals surface area contributed by atoms with Gasteiger partial charge in [0.15, 0.2) is 5.03 Å². The first kappa shape index (κ1) is 20.3. The van der Waals surface area contributed by atoms with Crippen LogP contribution in [0.15, 0.2) is 44.0 Å². The van der Waals surface area contributed by atoms with Crippen LogP contribution in [0.5, 0.6) is 5.75 Å². The van der Waals surface area contributed by atoms with Gasteiger partial charge in [-0.05, 0) is 12.1 Å². The number of nitrogens with zero attached hydrogens (tertiary/aromatic N) is 4. The topological polar surface area (TPSA) is 108 Å². The molecule has 1 amide bonds. The summed E-state index contributed by atoms with van der Waals surface area (Å²) >= 11 is 0.836. The van der Waals surface area contributed by atoms with Crippen LogP contribution in [0.3, 0.4) is 0 Å². The Kier molecular flexibility index (Phi) is 6.82. The van der Waals surface area contributed by atoms with E-state index in [0.717, 1.165) is 27.2 Å². The van der Waals surface area contributed by atoms with Crippen LogP contribution in [0.1, 0.15) is 5.56 Å². The predicted octanol–water partition coefficient (Wildman–Crippen LogP) is 0.323. The lowest BCUT2D eigenvalue weighted by molar-refractivity contribution is -0.118. The van der Waals surface area contributed by atoms with Crippen molar-refractivity contribution >= 4 is 23.9 Å². The first-order valence-corrected chi connectivity index (χ1v) is 8.41. The lowest BCUT2D eigenvalue weighted by atomic mass is 10.2. The van der Waals surface area contributed by atoms with Gasteiger partial charge < -0.3 is 4.74 Å². The minimum Gasteiger partial charge on any atom is -0.434 e. The van der Waals surface area contributed by atoms with Gasteiger partial charge in [-0.15, -0.1) is 0 Å². The average Bonchev–Trinajstić information content (AvgIpc) is 2.63. The number of carbonyl (C=O) groups is 1. The fourth-order valence-electron chi connectivity index (χ4n) is 1.89. The molecule has 2 aromatic rings. The monoisotopic (exact) mass is 399 g/mol. The number of amides is 1. The number of halogens is 2. The van der Waals surface area contributed by atoms with E-state index in [2.05, 4.69) is 20.4 Å². The molecule has 1 heterocycles. The summed E-state index contributed by atoms with van der Waals surface area (Å²) in [4.78, 5) is 35.3. The van der Waals surface area contributed by atoms with Gasteiger partial charge in [0.1, 0.15) is 5.75 Å². The van der Waals surface area contributed by atoms with Gasteiger partial charge in [-0.2, -0.15) is 19.0 Å². The van der Waals surface area contributed by atoms with Crippen LogP contribution >= 0.6 is 11.8 Å². The van der Waals surface area contributed by atoms with Crippen LogP contribution in [0.25, 0.3) is 0 Å². The number of hydrogen-bond donors (Lipinski definition) is 1. The maximum Gasteiger partial charge on any atom is 0.387 e. The number of ether oxygens (including phenoxy) is 1. The van der Waals surface area contributed by atoms with E-state index >= 15 is 0 Å². The maximum absolute atomic E-state index is 12.3. The highest BCUT2D eigenvalue weighted by Crippen LogP contribution is 2.18. The van der Waals surface area contributed by atoms with Gasteiger partial charge in [0, 0.05) is 19.7 Å². The molecule has 0 radical (unpaired) electrons. The highest BCUT2D eigenvalue weighted by Gasteiger charge is 2.11. The van der Waals surface area contributed by atoms with Crippen molar-refractivity contribution in [3.05, 3.63) is 50.7 Å². The molecule has 0 saturated heterocycles. The molecule has 144 valence electrons. The van der Waals surface area contributed by atoms with Gasteiger partial charge in [-0.25, -0.2) is 14.9 Å². The normalized spacial score (nSPS) is 11.1. The minimum absolute atomic E-state index is 0.0191. The van der Waals surface area contributed by atoms with Gasteiger partial charge in [0.05, 0.1) is 12.0 Å². The van der Waals surface area contributed by atoms with E-state index in [0.29, 0.717) is 0 Å². The Labute approximate surface area is 155 Å². The standard InChI is InChI=1S/C15H15F2N5O4S/c1-21-13(24)12(20-22(2)15(21)25)27-8-11(23)19-18-7-9-5-3-4-6-10(9)26-14(16)17/h3-7,14H,8H2,1-2H3,(H,19,23)/b18-7-. The Hall–Kier alpha value is -3.02. The number of aromatic nitrogens is 3. The Morgan fingerprint density at radius 3 is 2.78 bits per heavy atom. The summed E-state index contributed by atoms with van der Waals surface area (Å²) in [6, 6.07) is 5.94. The third-order valence-corrected chi connectivity index (χ3v) is 4.10. The number of thioether (sulfide) groups is 1. The number of aryl methyl sites for hydroxylation is 1. The third-order valence-electron chi connectivity index (χ3n) is 3.16. The zero-order valence-corrected chi connectivity index (χ0v) is 15.1. The molecule has 0 bridgehead atoms. The number of nitrogens with one attached hydrogen (secondary N) is 1. The zero-order valence-electron chi connectivity index (χ0n) is 14.3. The number of alkyl halides is 2. The van der Waals surface area contributed by atoms with Gasteiger partial charge >= 0.3 is 12.3 Å². The highest BCUT2D eigenvalue weighted by atomic mass is 32.2. The molecule has 1 N–H and O–H groups in total. The predicted molar refractivity (Wildman–Crippen MR) is 94.3 cm³/mol. The van der Waals surface area contributed by atoms with Crippen molar-refractivity contribution in [3.63, 3.8) is 0 Å². The molecule has 0 saturated carbocycles. The molecule has 27 heavy (non-hydrogen) atoms. The van der Waals surface area contributed by atoms with Crippen molar-refractivity contribution in [2.24, 2.45) is 19.2 Å². The molecule has 0 spiro atoms. The van der Waals surface area contributed by atoms with E-state index in [1.165, 1.54) is 32.3 Å². The second-order valence-corrected chi connectivity index (χ2v) is 6.04. The molecular weight excluding hydrogens is 384 g/mol. The minimum atomic E-state index is -2.98. The van der Waals surface area contributed by atoms with E-state index in [9.17, 15) is 23.2 Å². The SMILES string of the molecule is Cn1nc(SCC(=O)N/N=C\c2ccccc2OC(F)F)c(=O)n(C)c1=O. The first-order valence-electron chi connectivity index (χ1n) is 7.42. The molecule has 0 fully saturated rings. The summed E-state index contributed by atoms with van der Waals surface area (Å²) in [5, 5.41) is 7.45. The Balaban J connectivity index is 1.97. The van der Waals surface area contributed by atoms with E-state index in [1.807, 2.05) is 0 Å². The quantitative estimate of drug-likeness (QED) is 0.408. The highest BCUT2D eigenvalue weighted by molar-refractivity contribution is 7.99. The van der Waals surface area contributed by atoms with Crippen molar-refractivity contribution < 1.29 is 18.3 Å². The van der Waals surface area contributed by atoms with Crippen LogP contribution in [0.4, 0.5) is 8.78 Å². The van der Waals surface area contributed by atoms with Gasteiger partial charge in [-0.1, -0.05) is 23.9 Å². The smallest absolute Gasteiger partial charge is 0.387 e. The molecule has 0 atom stereocenters.